The molecule has 7 nitrogen and oxygen atoms in total. The summed E-state index contributed by atoms with van der Waals surface area (Å²) in [4.78, 5) is 38.6. The SMILES string of the molecule is CCCNC(=O)[C@H](C)NC(=O)COC(=O)c1ccc(Cl)nc1. The van der Waals surface area contributed by atoms with Crippen LogP contribution in [0.5, 0.6) is 0 Å². The molecule has 120 valence electrons. The van der Waals surface area contributed by atoms with E-state index in [-0.39, 0.29) is 16.6 Å². The summed E-state index contributed by atoms with van der Waals surface area (Å²) in [5.41, 5.74) is 0.186. The number of nitrogens with one attached hydrogen (secondary N) is 2. The van der Waals surface area contributed by atoms with E-state index >= 15 is 0 Å². The maximum Gasteiger partial charge on any atom is 0.340 e. The van der Waals surface area contributed by atoms with E-state index in [1.807, 2.05) is 6.92 Å². The molecule has 22 heavy (non-hydrogen) atoms. The van der Waals surface area contributed by atoms with Crippen LogP contribution >= 0.6 is 11.6 Å². The maximum absolute atomic E-state index is 11.7. The third-order valence-corrected chi connectivity index (χ3v) is 2.84. The smallest absolute Gasteiger partial charge is 0.340 e. The number of pyridine rings is 1. The number of hydrogen-bond donors (Lipinski definition) is 2. The van der Waals surface area contributed by atoms with Crippen LogP contribution in [0, 0.1) is 0 Å². The largest absolute Gasteiger partial charge is 0.452 e. The lowest BCUT2D eigenvalue weighted by Crippen LogP contribution is -2.46. The molecule has 1 rings (SSSR count). The normalized spacial score (nSPS) is 11.4. The van der Waals surface area contributed by atoms with Crippen LogP contribution in [0.2, 0.25) is 5.15 Å². The second-order valence-electron chi connectivity index (χ2n) is 4.53. The van der Waals surface area contributed by atoms with Gasteiger partial charge in [-0.1, -0.05) is 18.5 Å². The van der Waals surface area contributed by atoms with Gasteiger partial charge in [-0.15, -0.1) is 0 Å². The van der Waals surface area contributed by atoms with Crippen molar-refractivity contribution in [2.75, 3.05) is 13.2 Å². The average Bonchev–Trinajstić information content (AvgIpc) is 2.50. The lowest BCUT2D eigenvalue weighted by Gasteiger charge is -2.13. The topological polar surface area (TPSA) is 97.4 Å². The number of carbonyl (C=O) groups is 3. The second kappa shape index (κ2) is 8.99. The van der Waals surface area contributed by atoms with Gasteiger partial charge in [-0.05, 0) is 25.5 Å². The molecule has 0 unspecified atom stereocenters. The number of hydrogen-bond acceptors (Lipinski definition) is 5. The fraction of sp³-hybridized carbons (Fsp3) is 0.429. The van der Waals surface area contributed by atoms with Crippen molar-refractivity contribution in [3.05, 3.63) is 29.0 Å². The first-order valence-electron chi connectivity index (χ1n) is 6.79. The van der Waals surface area contributed by atoms with Gasteiger partial charge in [0.2, 0.25) is 5.91 Å². The van der Waals surface area contributed by atoms with Crippen LogP contribution in [0.3, 0.4) is 0 Å². The molecule has 1 aromatic rings. The summed E-state index contributed by atoms with van der Waals surface area (Å²) >= 11 is 5.60. The van der Waals surface area contributed by atoms with Gasteiger partial charge in [-0.2, -0.15) is 0 Å². The highest BCUT2D eigenvalue weighted by molar-refractivity contribution is 6.29. The highest BCUT2D eigenvalue weighted by atomic mass is 35.5. The Morgan fingerprint density at radius 3 is 2.68 bits per heavy atom. The Kier molecular flexibility index (Phi) is 7.31. The summed E-state index contributed by atoms with van der Waals surface area (Å²) in [6, 6.07) is 2.18. The minimum absolute atomic E-state index is 0.186. The van der Waals surface area contributed by atoms with E-state index in [2.05, 4.69) is 15.6 Å². The summed E-state index contributed by atoms with van der Waals surface area (Å²) < 4.78 is 4.83. The predicted octanol–water partition coefficient (Wildman–Crippen LogP) is 0.923. The molecule has 1 heterocycles. The molecular weight excluding hydrogens is 310 g/mol. The number of rotatable bonds is 7. The van der Waals surface area contributed by atoms with E-state index in [1.165, 1.54) is 18.3 Å². The van der Waals surface area contributed by atoms with Gasteiger partial charge in [0.25, 0.3) is 5.91 Å². The van der Waals surface area contributed by atoms with E-state index < -0.39 is 24.5 Å². The molecule has 1 aromatic heterocycles. The zero-order valence-electron chi connectivity index (χ0n) is 12.4. The number of aromatic nitrogens is 1. The third kappa shape index (κ3) is 6.09. The third-order valence-electron chi connectivity index (χ3n) is 2.62. The van der Waals surface area contributed by atoms with Crippen molar-refractivity contribution in [3.63, 3.8) is 0 Å². The maximum atomic E-state index is 11.7. The molecule has 0 aromatic carbocycles. The first-order chi connectivity index (χ1) is 10.4. The van der Waals surface area contributed by atoms with E-state index in [1.54, 1.807) is 6.92 Å². The van der Waals surface area contributed by atoms with Gasteiger partial charge >= 0.3 is 5.97 Å². The van der Waals surface area contributed by atoms with Crippen LogP contribution in [-0.4, -0.2) is 42.0 Å². The molecule has 0 aliphatic rings. The van der Waals surface area contributed by atoms with Gasteiger partial charge in [-0.3, -0.25) is 9.59 Å². The van der Waals surface area contributed by atoms with Gasteiger partial charge < -0.3 is 15.4 Å². The highest BCUT2D eigenvalue weighted by Crippen LogP contribution is 2.06. The number of halogens is 1. The standard InChI is InChI=1S/C14H18ClN3O4/c1-3-6-16-13(20)9(2)18-12(19)8-22-14(21)10-4-5-11(15)17-7-10/h4-5,7,9H,3,6,8H2,1-2H3,(H,16,20)(H,18,19)/t9-/m0/s1. The lowest BCUT2D eigenvalue weighted by molar-refractivity contribution is -0.130. The molecule has 0 saturated heterocycles. The molecule has 0 bridgehead atoms. The van der Waals surface area contributed by atoms with Crippen molar-refractivity contribution in [2.45, 2.75) is 26.3 Å². The zero-order valence-corrected chi connectivity index (χ0v) is 13.1. The van der Waals surface area contributed by atoms with Crippen LogP contribution in [0.1, 0.15) is 30.6 Å². The Balaban J connectivity index is 2.37. The summed E-state index contributed by atoms with van der Waals surface area (Å²) in [7, 11) is 0. The number of nitrogens with zero attached hydrogens (tertiary/aromatic N) is 1. The molecule has 0 aliphatic carbocycles. The van der Waals surface area contributed by atoms with Crippen molar-refractivity contribution < 1.29 is 19.1 Å². The van der Waals surface area contributed by atoms with Gasteiger partial charge in [0.05, 0.1) is 5.56 Å². The van der Waals surface area contributed by atoms with E-state index in [4.69, 9.17) is 16.3 Å². The summed E-state index contributed by atoms with van der Waals surface area (Å²) in [5.74, 6) is -1.54. The first kappa shape index (κ1) is 17.9. The Morgan fingerprint density at radius 2 is 2.09 bits per heavy atom. The quantitative estimate of drug-likeness (QED) is 0.573. The molecule has 0 saturated carbocycles. The van der Waals surface area contributed by atoms with Crippen LogP contribution in [-0.2, 0) is 14.3 Å². The lowest BCUT2D eigenvalue weighted by atomic mass is 10.3. The Bertz CT molecular complexity index is 533. The van der Waals surface area contributed by atoms with Gasteiger partial charge in [0, 0.05) is 12.7 Å². The number of esters is 1. The summed E-state index contributed by atoms with van der Waals surface area (Å²) in [5, 5.41) is 5.34. The van der Waals surface area contributed by atoms with Crippen molar-refractivity contribution in [2.24, 2.45) is 0 Å². The molecule has 2 N–H and O–H groups in total. The van der Waals surface area contributed by atoms with Crippen LogP contribution < -0.4 is 10.6 Å². The number of ether oxygens (including phenoxy) is 1. The first-order valence-corrected chi connectivity index (χ1v) is 7.17. The van der Waals surface area contributed by atoms with Crippen LogP contribution in [0.15, 0.2) is 18.3 Å². The molecule has 2 amide bonds. The average molecular weight is 328 g/mol. The predicted molar refractivity (Wildman–Crippen MR) is 80.4 cm³/mol. The van der Waals surface area contributed by atoms with Crippen molar-refractivity contribution in [3.8, 4) is 0 Å². The summed E-state index contributed by atoms with van der Waals surface area (Å²) in [6.45, 7) is 3.53. The minimum Gasteiger partial charge on any atom is -0.452 e. The van der Waals surface area contributed by atoms with E-state index in [0.29, 0.717) is 6.54 Å². The van der Waals surface area contributed by atoms with Crippen molar-refractivity contribution in [1.82, 2.24) is 15.6 Å². The summed E-state index contributed by atoms with van der Waals surface area (Å²) in [6.07, 6.45) is 2.06. The molecular formula is C14H18ClN3O4. The molecule has 0 radical (unpaired) electrons. The molecule has 8 heteroatoms. The van der Waals surface area contributed by atoms with Gasteiger partial charge in [0.1, 0.15) is 11.2 Å². The fourth-order valence-corrected chi connectivity index (χ4v) is 1.57. The molecule has 0 spiro atoms. The Labute approximate surface area is 133 Å². The molecule has 0 aliphatic heterocycles. The fourth-order valence-electron chi connectivity index (χ4n) is 1.46. The molecule has 1 atom stereocenters. The van der Waals surface area contributed by atoms with E-state index in [0.717, 1.165) is 6.42 Å². The number of carbonyl (C=O) groups excluding carboxylic acids is 3. The van der Waals surface area contributed by atoms with Crippen molar-refractivity contribution in [1.29, 1.82) is 0 Å². The van der Waals surface area contributed by atoms with Gasteiger partial charge in [0.15, 0.2) is 6.61 Å². The number of amides is 2. The minimum atomic E-state index is -0.699. The van der Waals surface area contributed by atoms with E-state index in [9.17, 15) is 14.4 Å². The Morgan fingerprint density at radius 1 is 1.36 bits per heavy atom. The second-order valence-corrected chi connectivity index (χ2v) is 4.91. The van der Waals surface area contributed by atoms with Gasteiger partial charge in [-0.25, -0.2) is 9.78 Å². The van der Waals surface area contributed by atoms with Crippen LogP contribution in [0.4, 0.5) is 0 Å². The van der Waals surface area contributed by atoms with Crippen LogP contribution in [0.25, 0.3) is 0 Å². The Hall–Kier alpha value is -2.15. The highest BCUT2D eigenvalue weighted by Gasteiger charge is 2.16. The molecule has 0 fully saturated rings. The zero-order chi connectivity index (χ0) is 16.5. The van der Waals surface area contributed by atoms with Crippen molar-refractivity contribution >= 4 is 29.4 Å². The monoisotopic (exact) mass is 327 g/mol.